The van der Waals surface area contributed by atoms with Gasteiger partial charge in [-0.15, -0.1) is 0 Å². The molecule has 0 bridgehead atoms. The number of piperidine rings is 1. The third kappa shape index (κ3) is 4.24. The summed E-state index contributed by atoms with van der Waals surface area (Å²) in [5, 5.41) is 5.78. The van der Waals surface area contributed by atoms with Crippen molar-refractivity contribution in [3.63, 3.8) is 0 Å². The summed E-state index contributed by atoms with van der Waals surface area (Å²) in [7, 11) is 0. The summed E-state index contributed by atoms with van der Waals surface area (Å²) >= 11 is 0. The number of carbonyl (C=O) groups is 1. The minimum Gasteiger partial charge on any atom is -0.486 e. The molecule has 0 spiro atoms. The van der Waals surface area contributed by atoms with Crippen molar-refractivity contribution >= 4 is 17.5 Å². The minimum atomic E-state index is -0.274. The lowest BCUT2D eigenvalue weighted by atomic mass is 10.1. The molecule has 2 aliphatic heterocycles. The maximum atomic E-state index is 12.4. The summed E-state index contributed by atoms with van der Waals surface area (Å²) in [5.41, 5.74) is 0.725. The van der Waals surface area contributed by atoms with E-state index < -0.39 is 0 Å². The first kappa shape index (κ1) is 17.5. The van der Waals surface area contributed by atoms with Gasteiger partial charge in [0.25, 0.3) is 0 Å². The smallest absolute Gasteiger partial charge is 0.319 e. The van der Waals surface area contributed by atoms with Gasteiger partial charge in [-0.3, -0.25) is 0 Å². The Hall–Kier alpha value is -2.96. The van der Waals surface area contributed by atoms with Gasteiger partial charge in [0.2, 0.25) is 0 Å². The second-order valence-corrected chi connectivity index (χ2v) is 6.75. The number of amides is 2. The van der Waals surface area contributed by atoms with Crippen molar-refractivity contribution in [3.05, 3.63) is 42.6 Å². The molecular formula is C20H24N4O3. The van der Waals surface area contributed by atoms with Crippen molar-refractivity contribution in [2.24, 2.45) is 0 Å². The van der Waals surface area contributed by atoms with Crippen LogP contribution in [0.2, 0.25) is 0 Å². The van der Waals surface area contributed by atoms with E-state index in [9.17, 15) is 4.79 Å². The lowest BCUT2D eigenvalue weighted by Crippen LogP contribution is -2.42. The summed E-state index contributed by atoms with van der Waals surface area (Å²) in [4.78, 5) is 19.1. The Kier molecular flexibility index (Phi) is 5.27. The largest absolute Gasteiger partial charge is 0.486 e. The Morgan fingerprint density at radius 1 is 1.11 bits per heavy atom. The van der Waals surface area contributed by atoms with E-state index in [1.165, 1.54) is 6.42 Å². The van der Waals surface area contributed by atoms with Gasteiger partial charge < -0.3 is 25.0 Å². The number of benzene rings is 1. The molecule has 0 saturated carbocycles. The first-order valence-electron chi connectivity index (χ1n) is 9.43. The molecule has 3 heterocycles. The first-order valence-corrected chi connectivity index (χ1v) is 9.43. The molecule has 1 aromatic heterocycles. The van der Waals surface area contributed by atoms with Gasteiger partial charge in [-0.05, 0) is 43.5 Å². The Balaban J connectivity index is 1.32. The first-order chi connectivity index (χ1) is 13.3. The van der Waals surface area contributed by atoms with Crippen LogP contribution in [0.15, 0.2) is 42.6 Å². The highest BCUT2D eigenvalue weighted by Crippen LogP contribution is 2.30. The number of pyridine rings is 1. The molecule has 1 atom stereocenters. The lowest BCUT2D eigenvalue weighted by Gasteiger charge is -2.29. The van der Waals surface area contributed by atoms with E-state index in [1.807, 2.05) is 36.4 Å². The van der Waals surface area contributed by atoms with Crippen molar-refractivity contribution in [2.45, 2.75) is 25.4 Å². The van der Waals surface area contributed by atoms with Crippen molar-refractivity contribution in [1.82, 2.24) is 10.3 Å². The van der Waals surface area contributed by atoms with E-state index in [4.69, 9.17) is 9.47 Å². The van der Waals surface area contributed by atoms with Gasteiger partial charge in [0.1, 0.15) is 6.61 Å². The van der Waals surface area contributed by atoms with Crippen LogP contribution >= 0.6 is 0 Å². The molecule has 27 heavy (non-hydrogen) atoms. The average Bonchev–Trinajstić information content (AvgIpc) is 2.73. The number of aromatic nitrogens is 1. The highest BCUT2D eigenvalue weighted by atomic mass is 16.6. The van der Waals surface area contributed by atoms with Gasteiger partial charge in [0, 0.05) is 19.3 Å². The van der Waals surface area contributed by atoms with E-state index in [2.05, 4.69) is 20.5 Å². The van der Waals surface area contributed by atoms with Crippen LogP contribution in [0.5, 0.6) is 11.5 Å². The Bertz CT molecular complexity index is 792. The van der Waals surface area contributed by atoms with E-state index in [1.54, 1.807) is 6.20 Å². The van der Waals surface area contributed by atoms with Crippen molar-refractivity contribution in [3.8, 4) is 11.5 Å². The number of para-hydroxylation sites is 2. The Morgan fingerprint density at radius 2 is 1.93 bits per heavy atom. The number of hydrogen-bond acceptors (Lipinski definition) is 5. The molecule has 1 saturated heterocycles. The normalized spacial score (nSPS) is 18.7. The van der Waals surface area contributed by atoms with Crippen molar-refractivity contribution in [2.75, 3.05) is 36.5 Å². The van der Waals surface area contributed by atoms with Crippen LogP contribution in [0.1, 0.15) is 19.3 Å². The fraction of sp³-hybridized carbons (Fsp3) is 0.400. The zero-order chi connectivity index (χ0) is 18.5. The highest BCUT2D eigenvalue weighted by Gasteiger charge is 2.22. The third-order valence-electron chi connectivity index (χ3n) is 4.75. The molecule has 7 heteroatoms. The zero-order valence-electron chi connectivity index (χ0n) is 15.2. The molecule has 142 valence electrons. The summed E-state index contributed by atoms with van der Waals surface area (Å²) in [6, 6.07) is 11.0. The fourth-order valence-corrected chi connectivity index (χ4v) is 3.39. The predicted octanol–water partition coefficient (Wildman–Crippen LogP) is 3.03. The van der Waals surface area contributed by atoms with Crippen LogP contribution < -0.4 is 25.0 Å². The number of nitrogens with one attached hydrogen (secondary N) is 2. The molecule has 0 aliphatic carbocycles. The highest BCUT2D eigenvalue weighted by molar-refractivity contribution is 5.92. The fourth-order valence-electron chi connectivity index (χ4n) is 3.39. The van der Waals surface area contributed by atoms with Crippen molar-refractivity contribution in [1.29, 1.82) is 0 Å². The standard InChI is InChI=1S/C20H24N4O3/c25-20(22-13-15-14-26-17-8-2-3-9-18(17)27-15)23-16-7-6-10-21-19(16)24-11-4-1-5-12-24/h2-3,6-10,15H,1,4-5,11-14H2,(H2,22,23,25)/t15-/m1/s1. The molecule has 0 unspecified atom stereocenters. The average molecular weight is 368 g/mol. The maximum Gasteiger partial charge on any atom is 0.319 e. The topological polar surface area (TPSA) is 75.7 Å². The quantitative estimate of drug-likeness (QED) is 0.868. The molecule has 2 aromatic rings. The second-order valence-electron chi connectivity index (χ2n) is 6.75. The summed E-state index contributed by atoms with van der Waals surface area (Å²) in [6.07, 6.45) is 5.10. The lowest BCUT2D eigenvalue weighted by molar-refractivity contribution is 0.0922. The van der Waals surface area contributed by atoms with Gasteiger partial charge in [-0.1, -0.05) is 12.1 Å². The molecule has 0 radical (unpaired) electrons. The number of hydrogen-bond donors (Lipinski definition) is 2. The van der Waals surface area contributed by atoms with E-state index in [0.29, 0.717) is 18.9 Å². The Labute approximate surface area is 158 Å². The molecule has 7 nitrogen and oxygen atoms in total. The second kappa shape index (κ2) is 8.16. The monoisotopic (exact) mass is 368 g/mol. The number of anilines is 2. The molecule has 4 rings (SSSR count). The molecular weight excluding hydrogens is 344 g/mol. The number of nitrogens with zero attached hydrogens (tertiary/aromatic N) is 2. The number of urea groups is 1. The van der Waals surface area contributed by atoms with Gasteiger partial charge >= 0.3 is 6.03 Å². The predicted molar refractivity (Wildman–Crippen MR) is 104 cm³/mol. The molecule has 2 amide bonds. The number of fused-ring (bicyclic) bond motifs is 1. The van der Waals surface area contributed by atoms with Crippen LogP contribution in [0.4, 0.5) is 16.3 Å². The van der Waals surface area contributed by atoms with Crippen LogP contribution in [0.25, 0.3) is 0 Å². The maximum absolute atomic E-state index is 12.4. The molecule has 1 fully saturated rings. The van der Waals surface area contributed by atoms with E-state index in [-0.39, 0.29) is 12.1 Å². The summed E-state index contributed by atoms with van der Waals surface area (Å²) in [5.74, 6) is 2.27. The number of carbonyl (C=O) groups excluding carboxylic acids is 1. The van der Waals surface area contributed by atoms with Crippen LogP contribution in [-0.4, -0.2) is 43.4 Å². The SMILES string of the molecule is O=C(NC[C@@H]1COc2ccccc2O1)Nc1cccnc1N1CCCCC1. The van der Waals surface area contributed by atoms with Crippen LogP contribution in [0.3, 0.4) is 0 Å². The van der Waals surface area contributed by atoms with Crippen molar-refractivity contribution < 1.29 is 14.3 Å². The summed E-state index contributed by atoms with van der Waals surface area (Å²) < 4.78 is 11.5. The molecule has 2 N–H and O–H groups in total. The van der Waals surface area contributed by atoms with E-state index in [0.717, 1.165) is 43.2 Å². The summed E-state index contributed by atoms with van der Waals surface area (Å²) in [6.45, 7) is 2.71. The van der Waals surface area contributed by atoms with Gasteiger partial charge in [-0.2, -0.15) is 0 Å². The van der Waals surface area contributed by atoms with Gasteiger partial charge in [0.05, 0.1) is 12.2 Å². The zero-order valence-corrected chi connectivity index (χ0v) is 15.2. The molecule has 2 aliphatic rings. The van der Waals surface area contributed by atoms with Gasteiger partial charge in [-0.25, -0.2) is 9.78 Å². The minimum absolute atomic E-state index is 0.221. The Morgan fingerprint density at radius 3 is 2.78 bits per heavy atom. The number of rotatable bonds is 4. The van der Waals surface area contributed by atoms with Gasteiger partial charge in [0.15, 0.2) is 23.4 Å². The molecule has 1 aromatic carbocycles. The van der Waals surface area contributed by atoms with E-state index >= 15 is 0 Å². The third-order valence-corrected chi connectivity index (χ3v) is 4.75. The number of ether oxygens (including phenoxy) is 2. The van der Waals surface area contributed by atoms with Crippen LogP contribution in [0, 0.1) is 0 Å². The van der Waals surface area contributed by atoms with Crippen LogP contribution in [-0.2, 0) is 0 Å².